The first kappa shape index (κ1) is 71.8. The fraction of sp³-hybridized carbons (Fsp3) is 0.647. The highest BCUT2D eigenvalue weighted by Crippen LogP contribution is 2.44. The van der Waals surface area contributed by atoms with E-state index in [4.69, 9.17) is 2.74 Å². The lowest BCUT2D eigenvalue weighted by Gasteiger charge is -2.38. The number of rotatable bonds is 4. The van der Waals surface area contributed by atoms with Gasteiger partial charge in [-0.05, 0) is 171 Å². The summed E-state index contributed by atoms with van der Waals surface area (Å²) in [5, 5.41) is 0. The Bertz CT molecular complexity index is 2780. The van der Waals surface area contributed by atoms with Crippen LogP contribution in [0.25, 0.3) is 0 Å². The maximum Gasteiger partial charge on any atom is 0.0355 e. The van der Waals surface area contributed by atoms with Crippen molar-refractivity contribution in [1.82, 2.24) is 0 Å². The van der Waals surface area contributed by atoms with Crippen LogP contribution in [-0.4, -0.2) is 0 Å². The molecule has 5 aromatic rings. The number of benzene rings is 5. The summed E-state index contributed by atoms with van der Waals surface area (Å²) < 4.78 is 17.1. The molecule has 1 atom stereocenters. The lowest BCUT2D eigenvalue weighted by molar-refractivity contribution is 0.339. The minimum atomic E-state index is -0.552. The van der Waals surface area contributed by atoms with E-state index in [0.29, 0.717) is 5.41 Å². The smallest absolute Gasteiger partial charge is 0.0355 e. The molecule has 1 unspecified atom stereocenters. The van der Waals surface area contributed by atoms with Gasteiger partial charge in [-0.25, -0.2) is 0 Å². The van der Waals surface area contributed by atoms with E-state index in [-0.39, 0.29) is 54.6 Å². The first-order valence-electron chi connectivity index (χ1n) is 34.7. The molecule has 7 rings (SSSR count). The molecule has 0 saturated heterocycles. The molecule has 0 spiro atoms. The third-order valence-corrected chi connectivity index (χ3v) is 17.7. The van der Waals surface area contributed by atoms with E-state index in [9.17, 15) is 0 Å². The van der Waals surface area contributed by atoms with Crippen LogP contribution in [0.15, 0.2) is 109 Å². The summed E-state index contributed by atoms with van der Waals surface area (Å²) in [6.45, 7) is 70.2. The quantitative estimate of drug-likeness (QED) is 0.168. The molecule has 476 valence electrons. The minimum Gasteiger partial charge on any atom is -0.0599 e. The molecule has 85 heavy (non-hydrogen) atoms. The third kappa shape index (κ3) is 25.3. The largest absolute Gasteiger partial charge is 0.0599 e. The molecular weight excluding hydrogens is 1020 g/mol. The van der Waals surface area contributed by atoms with Gasteiger partial charge in [-0.15, -0.1) is 0 Å². The molecule has 0 N–H and O–H groups in total. The topological polar surface area (TPSA) is 0 Å². The van der Waals surface area contributed by atoms with Crippen LogP contribution in [0.2, 0.25) is 0 Å². The minimum absolute atomic E-state index is 0.0593. The van der Waals surface area contributed by atoms with Gasteiger partial charge < -0.3 is 0 Å². The summed E-state index contributed by atoms with van der Waals surface area (Å²) in [6, 6.07) is 40.7. The van der Waals surface area contributed by atoms with Gasteiger partial charge >= 0.3 is 0 Å². The van der Waals surface area contributed by atoms with Gasteiger partial charge in [-0.1, -0.05) is 362 Å². The van der Waals surface area contributed by atoms with Crippen LogP contribution in [0.4, 0.5) is 0 Å². The first-order valence-corrected chi connectivity index (χ1v) is 33.7. The van der Waals surface area contributed by atoms with Crippen LogP contribution in [0.3, 0.4) is 0 Å². The molecule has 0 bridgehead atoms. The highest BCUT2D eigenvalue weighted by atomic mass is 14.4. The van der Waals surface area contributed by atoms with Crippen LogP contribution in [0.5, 0.6) is 0 Å². The normalized spacial score (nSPS) is 16.9. The zero-order valence-corrected chi connectivity index (χ0v) is 61.7. The van der Waals surface area contributed by atoms with E-state index in [1.165, 1.54) is 101 Å². The van der Waals surface area contributed by atoms with Gasteiger partial charge in [0.15, 0.2) is 0 Å². The average molecular weight is 1160 g/mol. The van der Waals surface area contributed by atoms with Gasteiger partial charge in [-0.3, -0.25) is 0 Å². The first-order chi connectivity index (χ1) is 39.1. The maximum absolute atomic E-state index is 8.59. The van der Waals surface area contributed by atoms with E-state index in [0.717, 1.165) is 30.7 Å². The van der Waals surface area contributed by atoms with Crippen LogP contribution < -0.4 is 0 Å². The molecule has 2 aliphatic carbocycles. The van der Waals surface area contributed by atoms with Crippen molar-refractivity contribution in [3.63, 3.8) is 0 Å². The molecule has 5 aromatic carbocycles. The van der Waals surface area contributed by atoms with Crippen molar-refractivity contribution in [2.75, 3.05) is 0 Å². The van der Waals surface area contributed by atoms with Crippen molar-refractivity contribution in [1.29, 1.82) is 0 Å². The van der Waals surface area contributed by atoms with Crippen molar-refractivity contribution < 1.29 is 2.74 Å². The summed E-state index contributed by atoms with van der Waals surface area (Å²) in [4.78, 5) is 0. The van der Waals surface area contributed by atoms with Gasteiger partial charge in [-0.2, -0.15) is 0 Å². The Hall–Kier alpha value is -3.90. The van der Waals surface area contributed by atoms with E-state index < -0.39 is 5.89 Å². The van der Waals surface area contributed by atoms with Crippen LogP contribution in [0.1, 0.15) is 366 Å². The Morgan fingerprint density at radius 1 is 0.353 bits per heavy atom. The molecule has 0 aromatic heterocycles. The van der Waals surface area contributed by atoms with Crippen LogP contribution >= 0.6 is 0 Å². The summed E-state index contributed by atoms with van der Waals surface area (Å²) in [5.41, 5.74) is 18.8. The predicted molar refractivity (Wildman–Crippen MR) is 384 cm³/mol. The number of hydrogen-bond donors (Lipinski definition) is 0. The lowest BCUT2D eigenvalue weighted by Crippen LogP contribution is -2.29. The molecule has 0 heterocycles. The van der Waals surface area contributed by atoms with Crippen LogP contribution in [0, 0.1) is 10.8 Å². The summed E-state index contributed by atoms with van der Waals surface area (Å²) in [6.07, 6.45) is 14.0. The monoisotopic (exact) mass is 1160 g/mol. The molecule has 0 heteroatoms. The van der Waals surface area contributed by atoms with Gasteiger partial charge in [0.05, 0.1) is 0 Å². The van der Waals surface area contributed by atoms with Crippen molar-refractivity contribution in [3.05, 3.63) is 176 Å². The fourth-order valence-corrected chi connectivity index (χ4v) is 11.6. The molecule has 0 amide bonds. The molecule has 2 fully saturated rings. The van der Waals surface area contributed by atoms with Gasteiger partial charge in [0.25, 0.3) is 0 Å². The second kappa shape index (κ2) is 29.6. The van der Waals surface area contributed by atoms with Crippen molar-refractivity contribution in [3.8, 4) is 0 Å². The zero-order valence-electron chi connectivity index (χ0n) is 63.7. The third-order valence-electron chi connectivity index (χ3n) is 17.7. The lowest BCUT2D eigenvalue weighted by atomic mass is 9.66. The molecular formula is C85H136. The fourth-order valence-electron chi connectivity index (χ4n) is 11.6. The number of hydrogen-bond acceptors (Lipinski definition) is 0. The Morgan fingerprint density at radius 2 is 0.659 bits per heavy atom. The molecule has 2 aliphatic rings. The Kier molecular flexibility index (Phi) is 25.0. The van der Waals surface area contributed by atoms with Crippen molar-refractivity contribution in [2.45, 2.75) is 346 Å². The van der Waals surface area contributed by atoms with E-state index in [1.807, 2.05) is 6.92 Å². The summed E-state index contributed by atoms with van der Waals surface area (Å²) in [7, 11) is 0. The SMILES string of the molecule is CC(C)(C)Cc1ccc(C(C)(C)C)cc1.CC(C)(C)c1cc(C(C)(C)C)c(C(C)(C)C)c(C(C)(C)C)c1.CC(C)(C)c1ccc(C2CCCCC2)cc1.[2H]C(C)(c1ccc(C(C)(C)C)cc1)C(C)(C)C.[2H]C1(c2ccc(C(C)(C)C)cc2)CCCCC1. The Balaban J connectivity index is 0.000000286. The Morgan fingerprint density at radius 3 is 0.953 bits per heavy atom. The van der Waals surface area contributed by atoms with Gasteiger partial charge in [0.1, 0.15) is 0 Å². The maximum atomic E-state index is 8.59. The average Bonchev–Trinajstić information content (AvgIpc) is 1.73. The highest BCUT2D eigenvalue weighted by Gasteiger charge is 2.34. The van der Waals surface area contributed by atoms with Crippen molar-refractivity contribution in [2.24, 2.45) is 10.8 Å². The zero-order chi connectivity index (χ0) is 67.0. The summed E-state index contributed by atoms with van der Waals surface area (Å²) in [5.74, 6) is -0.0271. The van der Waals surface area contributed by atoms with Crippen LogP contribution in [-0.2, 0) is 49.7 Å². The van der Waals surface area contributed by atoms with E-state index in [2.05, 4.69) is 317 Å². The predicted octanol–water partition coefficient (Wildman–Crippen LogP) is 26.6. The molecule has 0 radical (unpaired) electrons. The van der Waals surface area contributed by atoms with Gasteiger partial charge in [0.2, 0.25) is 0 Å². The second-order valence-electron chi connectivity index (χ2n) is 36.5. The van der Waals surface area contributed by atoms with Gasteiger partial charge in [0, 0.05) is 2.74 Å². The van der Waals surface area contributed by atoms with Crippen molar-refractivity contribution >= 4 is 0 Å². The van der Waals surface area contributed by atoms with E-state index >= 15 is 0 Å². The molecule has 0 nitrogen and oxygen atoms in total. The summed E-state index contributed by atoms with van der Waals surface area (Å²) >= 11 is 0. The standard InChI is InChI=1S/C22H38.2C16H24.C16H26.C15H24/c1-19(2,3)15-13-16(20(4,5)6)18(22(10,11)12)17(14-15)21(7,8)9;2*1-16(2,3)15-11-9-14(10-12-15)13-7-5-4-6-8-13;1-12(15(2,3)4)13-8-10-14(11-9-13)16(5,6)7;1-14(2,3)11-12-7-9-13(10-8-12)15(4,5)6/h13-14H,1-12H3;2*9-13H,4-8H2,1-3H3;8-12H,1-7H3;7-10H,11H2,1-6H3/i;13D;;12D;. The second-order valence-corrected chi connectivity index (χ2v) is 36.5. The highest BCUT2D eigenvalue weighted by molar-refractivity contribution is 5.50. The Labute approximate surface area is 533 Å². The van der Waals surface area contributed by atoms with E-state index in [1.54, 1.807) is 11.1 Å². The molecule has 2 saturated carbocycles. The molecule has 0 aliphatic heterocycles.